The molecule has 22 heavy (non-hydrogen) atoms. The first-order valence-corrected chi connectivity index (χ1v) is 7.03. The molecule has 4 heteroatoms. The highest BCUT2D eigenvalue weighted by molar-refractivity contribution is 6.12. The van der Waals surface area contributed by atoms with Crippen LogP contribution >= 0.6 is 0 Å². The second-order valence-corrected chi connectivity index (χ2v) is 5.24. The number of pyridine rings is 1. The molecule has 4 nitrogen and oxygen atoms in total. The predicted molar refractivity (Wildman–Crippen MR) is 88.3 cm³/mol. The Bertz CT molecular complexity index is 926. The molecule has 0 fully saturated rings. The van der Waals surface area contributed by atoms with Crippen molar-refractivity contribution in [1.82, 2.24) is 4.57 Å². The van der Waals surface area contributed by atoms with Crippen LogP contribution in [0.15, 0.2) is 59.4 Å². The van der Waals surface area contributed by atoms with Crippen molar-refractivity contribution in [3.05, 3.63) is 76.1 Å². The molecule has 0 aliphatic heterocycles. The van der Waals surface area contributed by atoms with Gasteiger partial charge in [0, 0.05) is 24.2 Å². The van der Waals surface area contributed by atoms with E-state index in [2.05, 4.69) is 5.32 Å². The number of benzene rings is 2. The molecule has 0 aliphatic carbocycles. The van der Waals surface area contributed by atoms with Crippen molar-refractivity contribution in [2.75, 3.05) is 5.32 Å². The summed E-state index contributed by atoms with van der Waals surface area (Å²) in [6.07, 6.45) is 0. The topological polar surface area (TPSA) is 51.1 Å². The Balaban J connectivity index is 2.11. The molecule has 0 atom stereocenters. The quantitative estimate of drug-likeness (QED) is 0.789. The average molecular weight is 292 g/mol. The fraction of sp³-hybridized carbons (Fsp3) is 0.111. The van der Waals surface area contributed by atoms with Crippen molar-refractivity contribution >= 4 is 22.5 Å². The smallest absolute Gasteiger partial charge is 0.256 e. The van der Waals surface area contributed by atoms with Crippen molar-refractivity contribution < 1.29 is 4.79 Å². The molecule has 110 valence electrons. The average Bonchev–Trinajstić information content (AvgIpc) is 2.53. The van der Waals surface area contributed by atoms with Crippen LogP contribution in [0.1, 0.15) is 15.9 Å². The predicted octanol–water partition coefficient (Wildman–Crippen LogP) is 3.10. The van der Waals surface area contributed by atoms with E-state index in [0.717, 1.165) is 22.2 Å². The lowest BCUT2D eigenvalue weighted by Crippen LogP contribution is -2.21. The number of anilines is 1. The Kier molecular flexibility index (Phi) is 3.51. The Morgan fingerprint density at radius 2 is 1.73 bits per heavy atom. The number of carbonyl (C=O) groups is 1. The Morgan fingerprint density at radius 3 is 2.50 bits per heavy atom. The number of fused-ring (bicyclic) bond motifs is 1. The van der Waals surface area contributed by atoms with E-state index in [4.69, 9.17) is 0 Å². The van der Waals surface area contributed by atoms with Crippen LogP contribution in [0.25, 0.3) is 10.9 Å². The van der Waals surface area contributed by atoms with Gasteiger partial charge in [0.2, 0.25) is 0 Å². The maximum Gasteiger partial charge on any atom is 0.256 e. The molecule has 0 bridgehead atoms. The van der Waals surface area contributed by atoms with E-state index in [0.29, 0.717) is 5.56 Å². The van der Waals surface area contributed by atoms with Gasteiger partial charge in [-0.05, 0) is 24.6 Å². The molecule has 0 unspecified atom stereocenters. The summed E-state index contributed by atoms with van der Waals surface area (Å²) < 4.78 is 1.54. The van der Waals surface area contributed by atoms with E-state index in [-0.39, 0.29) is 11.5 Å². The Hall–Kier alpha value is -2.88. The Labute approximate surface area is 128 Å². The molecule has 2 aromatic carbocycles. The van der Waals surface area contributed by atoms with Crippen LogP contribution in [0.5, 0.6) is 0 Å². The fourth-order valence-electron chi connectivity index (χ4n) is 2.50. The van der Waals surface area contributed by atoms with Crippen LogP contribution in [0.4, 0.5) is 5.69 Å². The van der Waals surface area contributed by atoms with Gasteiger partial charge in [0.1, 0.15) is 0 Å². The van der Waals surface area contributed by atoms with Crippen LogP contribution in [0.3, 0.4) is 0 Å². The summed E-state index contributed by atoms with van der Waals surface area (Å²) in [4.78, 5) is 24.6. The van der Waals surface area contributed by atoms with Gasteiger partial charge in [-0.1, -0.05) is 36.4 Å². The van der Waals surface area contributed by atoms with Crippen LogP contribution in [-0.4, -0.2) is 10.5 Å². The summed E-state index contributed by atoms with van der Waals surface area (Å²) in [6, 6.07) is 16.3. The highest BCUT2D eigenvalue weighted by Gasteiger charge is 2.14. The highest BCUT2D eigenvalue weighted by Crippen LogP contribution is 2.19. The van der Waals surface area contributed by atoms with E-state index in [1.165, 1.54) is 6.07 Å². The molecular formula is C18H16N2O2. The van der Waals surface area contributed by atoms with Crippen molar-refractivity contribution in [3.63, 3.8) is 0 Å². The molecule has 1 N–H and O–H groups in total. The highest BCUT2D eigenvalue weighted by atomic mass is 16.2. The van der Waals surface area contributed by atoms with Crippen molar-refractivity contribution in [2.24, 2.45) is 7.05 Å². The van der Waals surface area contributed by atoms with Crippen LogP contribution < -0.4 is 10.9 Å². The minimum atomic E-state index is -0.275. The number of amides is 1. The number of hydrogen-bond acceptors (Lipinski definition) is 2. The number of carbonyl (C=O) groups excluding carboxylic acids is 1. The number of aryl methyl sites for hydroxylation is 2. The normalized spacial score (nSPS) is 10.6. The molecule has 0 saturated heterocycles. The largest absolute Gasteiger partial charge is 0.322 e. The molecule has 1 heterocycles. The van der Waals surface area contributed by atoms with Gasteiger partial charge in [-0.15, -0.1) is 0 Å². The molecule has 0 radical (unpaired) electrons. The molecule has 0 saturated carbocycles. The minimum Gasteiger partial charge on any atom is -0.322 e. The lowest BCUT2D eigenvalue weighted by atomic mass is 10.1. The van der Waals surface area contributed by atoms with Gasteiger partial charge in [0.15, 0.2) is 0 Å². The third kappa shape index (κ3) is 2.39. The van der Waals surface area contributed by atoms with E-state index < -0.39 is 0 Å². The van der Waals surface area contributed by atoms with Gasteiger partial charge in [-0.2, -0.15) is 0 Å². The Morgan fingerprint density at radius 1 is 1.05 bits per heavy atom. The molecule has 0 aliphatic rings. The number of rotatable bonds is 2. The lowest BCUT2D eigenvalue weighted by Gasteiger charge is -2.11. The van der Waals surface area contributed by atoms with Gasteiger partial charge >= 0.3 is 0 Å². The monoisotopic (exact) mass is 292 g/mol. The first-order chi connectivity index (χ1) is 10.6. The first kappa shape index (κ1) is 14.1. The number of nitrogens with one attached hydrogen (secondary N) is 1. The van der Waals surface area contributed by atoms with Crippen molar-refractivity contribution in [3.8, 4) is 0 Å². The summed E-state index contributed by atoms with van der Waals surface area (Å²) in [5.74, 6) is -0.275. The summed E-state index contributed by atoms with van der Waals surface area (Å²) in [7, 11) is 1.70. The standard InChI is InChI=1S/C18H16N2O2/c1-12-7-3-5-9-15(12)19-18(22)14-11-17(21)20(2)16-10-6-4-8-13(14)16/h3-11H,1-2H3,(H,19,22). The van der Waals surface area contributed by atoms with Gasteiger partial charge < -0.3 is 9.88 Å². The summed E-state index contributed by atoms with van der Waals surface area (Å²) in [5.41, 5.74) is 2.65. The summed E-state index contributed by atoms with van der Waals surface area (Å²) in [6.45, 7) is 1.93. The summed E-state index contributed by atoms with van der Waals surface area (Å²) in [5, 5.41) is 3.64. The zero-order valence-corrected chi connectivity index (χ0v) is 12.5. The first-order valence-electron chi connectivity index (χ1n) is 7.03. The van der Waals surface area contributed by atoms with E-state index in [1.54, 1.807) is 11.6 Å². The SMILES string of the molecule is Cc1ccccc1NC(=O)c1cc(=O)n(C)c2ccccc12. The van der Waals surface area contributed by atoms with Crippen LogP contribution in [-0.2, 0) is 7.05 Å². The number of hydrogen-bond donors (Lipinski definition) is 1. The van der Waals surface area contributed by atoms with Gasteiger partial charge in [-0.25, -0.2) is 0 Å². The molecule has 0 spiro atoms. The zero-order chi connectivity index (χ0) is 15.7. The van der Waals surface area contributed by atoms with Crippen molar-refractivity contribution in [1.29, 1.82) is 0 Å². The zero-order valence-electron chi connectivity index (χ0n) is 12.5. The van der Waals surface area contributed by atoms with Crippen molar-refractivity contribution in [2.45, 2.75) is 6.92 Å². The van der Waals surface area contributed by atoms with Gasteiger partial charge in [0.25, 0.3) is 11.5 Å². The van der Waals surface area contributed by atoms with Crippen LogP contribution in [0, 0.1) is 6.92 Å². The summed E-state index contributed by atoms with van der Waals surface area (Å²) >= 11 is 0. The van der Waals surface area contributed by atoms with E-state index in [1.807, 2.05) is 55.5 Å². The molecule has 3 rings (SSSR count). The minimum absolute atomic E-state index is 0.200. The number of aromatic nitrogens is 1. The molecular weight excluding hydrogens is 276 g/mol. The maximum atomic E-state index is 12.6. The molecule has 1 aromatic heterocycles. The number of para-hydroxylation sites is 2. The maximum absolute atomic E-state index is 12.6. The third-order valence-corrected chi connectivity index (χ3v) is 3.79. The van der Waals surface area contributed by atoms with Crippen LogP contribution in [0.2, 0.25) is 0 Å². The van der Waals surface area contributed by atoms with Gasteiger partial charge in [-0.3, -0.25) is 9.59 Å². The second-order valence-electron chi connectivity index (χ2n) is 5.24. The fourth-order valence-corrected chi connectivity index (χ4v) is 2.50. The molecule has 3 aromatic rings. The van der Waals surface area contributed by atoms with E-state index in [9.17, 15) is 9.59 Å². The third-order valence-electron chi connectivity index (χ3n) is 3.79. The lowest BCUT2D eigenvalue weighted by molar-refractivity contribution is 0.102. The molecule has 1 amide bonds. The van der Waals surface area contributed by atoms with E-state index >= 15 is 0 Å². The number of nitrogens with zero attached hydrogens (tertiary/aromatic N) is 1. The second kappa shape index (κ2) is 5.48. The van der Waals surface area contributed by atoms with Gasteiger partial charge in [0.05, 0.1) is 11.1 Å².